The summed E-state index contributed by atoms with van der Waals surface area (Å²) in [6.45, 7) is 5.09. The summed E-state index contributed by atoms with van der Waals surface area (Å²) in [6, 6.07) is 8.16. The Kier molecular flexibility index (Phi) is 5.93. The number of nitrogens with one attached hydrogen (secondary N) is 1. The smallest absolute Gasteiger partial charge is 0.251 e. The van der Waals surface area contributed by atoms with Gasteiger partial charge >= 0.3 is 0 Å². The maximum atomic E-state index is 12.2. The largest absolute Gasteiger partial charge is 0.349 e. The van der Waals surface area contributed by atoms with Crippen LogP contribution in [-0.2, 0) is 4.79 Å². The highest BCUT2D eigenvalue weighted by Crippen LogP contribution is 2.14. The van der Waals surface area contributed by atoms with Gasteiger partial charge in [-0.25, -0.2) is 0 Å². The quantitative estimate of drug-likeness (QED) is 0.869. The molecule has 0 radical (unpaired) electrons. The van der Waals surface area contributed by atoms with Crippen LogP contribution in [0.15, 0.2) is 24.3 Å². The van der Waals surface area contributed by atoms with Gasteiger partial charge in [0.2, 0.25) is 5.91 Å². The first-order valence-electron chi connectivity index (χ1n) is 8.27. The van der Waals surface area contributed by atoms with Gasteiger partial charge in [0.15, 0.2) is 0 Å². The van der Waals surface area contributed by atoms with Crippen molar-refractivity contribution in [2.24, 2.45) is 11.7 Å². The zero-order chi connectivity index (χ0) is 17.7. The monoisotopic (exact) mass is 328 g/mol. The van der Waals surface area contributed by atoms with Crippen molar-refractivity contribution >= 4 is 11.8 Å². The molecule has 0 spiro atoms. The Labute approximate surface area is 142 Å². The number of likely N-dealkylation sites (tertiary alicyclic amines) is 1. The predicted molar refractivity (Wildman–Crippen MR) is 91.0 cm³/mol. The van der Waals surface area contributed by atoms with Gasteiger partial charge in [0.25, 0.3) is 5.91 Å². The minimum atomic E-state index is -0.463. The Morgan fingerprint density at radius 2 is 1.83 bits per heavy atom. The van der Waals surface area contributed by atoms with Crippen molar-refractivity contribution in [3.05, 3.63) is 35.4 Å². The van der Waals surface area contributed by atoms with E-state index < -0.39 is 6.04 Å². The van der Waals surface area contributed by atoms with E-state index in [-0.39, 0.29) is 23.8 Å². The van der Waals surface area contributed by atoms with Crippen LogP contribution in [0.2, 0.25) is 0 Å². The topological polar surface area (TPSA) is 99.2 Å². The van der Waals surface area contributed by atoms with E-state index in [2.05, 4.69) is 5.32 Å². The van der Waals surface area contributed by atoms with Crippen LogP contribution in [0.25, 0.3) is 0 Å². The molecule has 3 N–H and O–H groups in total. The molecule has 1 aromatic rings. The minimum absolute atomic E-state index is 0.0122. The Hall–Kier alpha value is -2.39. The summed E-state index contributed by atoms with van der Waals surface area (Å²) in [7, 11) is 0. The maximum Gasteiger partial charge on any atom is 0.251 e. The molecule has 24 heavy (non-hydrogen) atoms. The van der Waals surface area contributed by atoms with E-state index in [9.17, 15) is 9.59 Å². The van der Waals surface area contributed by atoms with Gasteiger partial charge in [-0.05, 0) is 43.0 Å². The average molecular weight is 328 g/mol. The van der Waals surface area contributed by atoms with Gasteiger partial charge in [0, 0.05) is 24.7 Å². The molecule has 6 nitrogen and oxygen atoms in total. The highest BCUT2D eigenvalue weighted by molar-refractivity contribution is 5.94. The number of carbonyl (C=O) groups is 2. The Bertz CT molecular complexity index is 625. The lowest BCUT2D eigenvalue weighted by Crippen LogP contribution is -2.52. The Balaban J connectivity index is 1.85. The van der Waals surface area contributed by atoms with Crippen molar-refractivity contribution in [1.29, 1.82) is 5.26 Å². The van der Waals surface area contributed by atoms with Crippen LogP contribution in [0.5, 0.6) is 0 Å². The van der Waals surface area contributed by atoms with E-state index in [0.29, 0.717) is 24.2 Å². The lowest BCUT2D eigenvalue weighted by atomic mass is 10.00. The number of hydrogen-bond acceptors (Lipinski definition) is 4. The third kappa shape index (κ3) is 4.33. The van der Waals surface area contributed by atoms with E-state index >= 15 is 0 Å². The third-order valence-electron chi connectivity index (χ3n) is 4.42. The maximum absolute atomic E-state index is 12.2. The van der Waals surface area contributed by atoms with Crippen molar-refractivity contribution in [2.75, 3.05) is 13.1 Å². The molecule has 0 aliphatic carbocycles. The van der Waals surface area contributed by atoms with Crippen LogP contribution in [0.4, 0.5) is 0 Å². The van der Waals surface area contributed by atoms with Gasteiger partial charge in [-0.2, -0.15) is 5.26 Å². The fourth-order valence-electron chi connectivity index (χ4n) is 2.71. The number of nitriles is 1. The number of nitrogens with two attached hydrogens (primary N) is 1. The number of amides is 2. The molecule has 2 rings (SSSR count). The molecule has 128 valence electrons. The molecule has 1 aromatic carbocycles. The Morgan fingerprint density at radius 3 is 2.33 bits per heavy atom. The van der Waals surface area contributed by atoms with Crippen LogP contribution in [0, 0.1) is 17.2 Å². The van der Waals surface area contributed by atoms with Gasteiger partial charge in [0.05, 0.1) is 17.7 Å². The van der Waals surface area contributed by atoms with Crippen molar-refractivity contribution in [3.63, 3.8) is 0 Å². The second-order valence-electron chi connectivity index (χ2n) is 6.53. The summed E-state index contributed by atoms with van der Waals surface area (Å²) in [5.41, 5.74) is 6.99. The van der Waals surface area contributed by atoms with Crippen molar-refractivity contribution in [3.8, 4) is 6.07 Å². The number of hydrogen-bond donors (Lipinski definition) is 2. The summed E-state index contributed by atoms with van der Waals surface area (Å²) in [5.74, 6) is -0.0451. The standard InChI is InChI=1S/C18H24N4O2/c1-12(2)16(20)18(24)22-9-7-15(8-10-22)21-17(23)14-5-3-13(11-19)4-6-14/h3-6,12,15-16H,7-10,20H2,1-2H3,(H,21,23)/t16-/m0/s1. The van der Waals surface area contributed by atoms with Crippen LogP contribution in [0.3, 0.4) is 0 Å². The summed E-state index contributed by atoms with van der Waals surface area (Å²) in [6.07, 6.45) is 1.44. The molecule has 1 saturated heterocycles. The zero-order valence-electron chi connectivity index (χ0n) is 14.2. The zero-order valence-corrected chi connectivity index (χ0v) is 14.2. The van der Waals surface area contributed by atoms with E-state index in [1.807, 2.05) is 19.9 Å². The number of piperidine rings is 1. The second kappa shape index (κ2) is 7.93. The molecule has 2 amide bonds. The van der Waals surface area contributed by atoms with Crippen LogP contribution >= 0.6 is 0 Å². The van der Waals surface area contributed by atoms with Gasteiger partial charge in [-0.1, -0.05) is 13.8 Å². The normalized spacial score (nSPS) is 16.5. The summed E-state index contributed by atoms with van der Waals surface area (Å²) in [4.78, 5) is 26.3. The third-order valence-corrected chi connectivity index (χ3v) is 4.42. The number of rotatable bonds is 4. The molecule has 0 bridgehead atoms. The van der Waals surface area contributed by atoms with E-state index in [1.54, 1.807) is 29.2 Å². The summed E-state index contributed by atoms with van der Waals surface area (Å²) in [5, 5.41) is 11.8. The molecule has 0 unspecified atom stereocenters. The number of carbonyl (C=O) groups excluding carboxylic acids is 2. The first-order valence-corrected chi connectivity index (χ1v) is 8.27. The van der Waals surface area contributed by atoms with Crippen molar-refractivity contribution in [1.82, 2.24) is 10.2 Å². The molecule has 1 fully saturated rings. The lowest BCUT2D eigenvalue weighted by molar-refractivity contribution is -0.134. The number of benzene rings is 1. The molecular formula is C18H24N4O2. The molecule has 1 aliphatic heterocycles. The van der Waals surface area contributed by atoms with E-state index in [0.717, 1.165) is 12.8 Å². The molecule has 0 aromatic heterocycles. The van der Waals surface area contributed by atoms with E-state index in [4.69, 9.17) is 11.0 Å². The van der Waals surface area contributed by atoms with Crippen LogP contribution in [0.1, 0.15) is 42.6 Å². The second-order valence-corrected chi connectivity index (χ2v) is 6.53. The van der Waals surface area contributed by atoms with Gasteiger partial charge in [-0.15, -0.1) is 0 Å². The van der Waals surface area contributed by atoms with Gasteiger partial charge < -0.3 is 16.0 Å². The fraction of sp³-hybridized carbons (Fsp3) is 0.500. The minimum Gasteiger partial charge on any atom is -0.349 e. The van der Waals surface area contributed by atoms with E-state index in [1.165, 1.54) is 0 Å². The summed E-state index contributed by atoms with van der Waals surface area (Å²) >= 11 is 0. The number of nitrogens with zero attached hydrogens (tertiary/aromatic N) is 2. The molecule has 1 aliphatic rings. The molecular weight excluding hydrogens is 304 g/mol. The molecule has 0 saturated carbocycles. The first kappa shape index (κ1) is 18.0. The van der Waals surface area contributed by atoms with Crippen molar-refractivity contribution < 1.29 is 9.59 Å². The first-order chi connectivity index (χ1) is 11.4. The molecule has 1 atom stereocenters. The SMILES string of the molecule is CC(C)[C@H](N)C(=O)N1CCC(NC(=O)c2ccc(C#N)cc2)CC1. The van der Waals surface area contributed by atoms with Crippen LogP contribution in [-0.4, -0.2) is 41.9 Å². The molecule has 6 heteroatoms. The molecule has 1 heterocycles. The Morgan fingerprint density at radius 1 is 1.25 bits per heavy atom. The van der Waals surface area contributed by atoms with Crippen LogP contribution < -0.4 is 11.1 Å². The van der Waals surface area contributed by atoms with Gasteiger partial charge in [-0.3, -0.25) is 9.59 Å². The van der Waals surface area contributed by atoms with Gasteiger partial charge in [0.1, 0.15) is 0 Å². The summed E-state index contributed by atoms with van der Waals surface area (Å²) < 4.78 is 0. The lowest BCUT2D eigenvalue weighted by Gasteiger charge is -2.34. The predicted octanol–water partition coefficient (Wildman–Crippen LogP) is 1.26. The highest BCUT2D eigenvalue weighted by atomic mass is 16.2. The average Bonchev–Trinajstić information content (AvgIpc) is 2.61. The van der Waals surface area contributed by atoms with Crippen molar-refractivity contribution in [2.45, 2.75) is 38.8 Å². The highest BCUT2D eigenvalue weighted by Gasteiger charge is 2.28. The fourth-order valence-corrected chi connectivity index (χ4v) is 2.71.